The largest absolute Gasteiger partial charge is 0.287 e. The highest BCUT2D eigenvalue weighted by Gasteiger charge is 2.16. The van der Waals surface area contributed by atoms with Gasteiger partial charge in [-0.1, -0.05) is 11.3 Å². The second-order valence-corrected chi connectivity index (χ2v) is 4.78. The maximum Gasteiger partial charge on any atom is 0.287 e. The number of hydrogen-bond donors (Lipinski definition) is 0. The first-order chi connectivity index (χ1) is 6.59. The number of thiophene rings is 1. The molecule has 6 heteroatoms. The second-order valence-electron chi connectivity index (χ2n) is 2.62. The average Bonchev–Trinajstić information content (AvgIpc) is 2.47. The Bertz CT molecular complexity index is 525. The molecule has 2 aromatic rings. The predicted octanol–water partition coefficient (Wildman–Crippen LogP) is 3.55. The van der Waals surface area contributed by atoms with Crippen molar-refractivity contribution in [1.82, 2.24) is 0 Å². The molecule has 0 saturated carbocycles. The van der Waals surface area contributed by atoms with E-state index in [4.69, 9.17) is 0 Å². The van der Waals surface area contributed by atoms with E-state index in [1.807, 2.05) is 22.6 Å². The monoisotopic (exact) mass is 323 g/mol. The molecule has 0 atom stereocenters. The SMILES string of the molecule is O=[N+]([O-])c1ccc(I)c2cc(F)sc12. The van der Waals surface area contributed by atoms with E-state index in [9.17, 15) is 14.5 Å². The van der Waals surface area contributed by atoms with Crippen LogP contribution in [0.5, 0.6) is 0 Å². The third-order valence-electron chi connectivity index (χ3n) is 1.78. The van der Waals surface area contributed by atoms with Crippen LogP contribution in [0.4, 0.5) is 10.1 Å². The van der Waals surface area contributed by atoms with E-state index >= 15 is 0 Å². The van der Waals surface area contributed by atoms with Crippen molar-refractivity contribution >= 4 is 49.7 Å². The van der Waals surface area contributed by atoms with Crippen molar-refractivity contribution in [2.75, 3.05) is 0 Å². The molecule has 3 nitrogen and oxygen atoms in total. The van der Waals surface area contributed by atoms with Gasteiger partial charge in [-0.15, -0.1) is 0 Å². The van der Waals surface area contributed by atoms with E-state index in [1.165, 1.54) is 12.1 Å². The molecular formula is C8H3FINO2S. The minimum atomic E-state index is -0.492. The molecule has 72 valence electrons. The van der Waals surface area contributed by atoms with Gasteiger partial charge in [0.1, 0.15) is 4.70 Å². The number of nitro groups is 1. The molecule has 0 radical (unpaired) electrons. The number of halogens is 2. The Morgan fingerprint density at radius 1 is 1.50 bits per heavy atom. The topological polar surface area (TPSA) is 43.1 Å². The fraction of sp³-hybridized carbons (Fsp3) is 0. The Hall–Kier alpha value is -0.760. The van der Waals surface area contributed by atoms with E-state index in [1.54, 1.807) is 6.07 Å². The molecule has 0 N–H and O–H groups in total. The number of nitrogens with zero attached hydrogens (tertiary/aromatic N) is 1. The average molecular weight is 323 g/mol. The van der Waals surface area contributed by atoms with Gasteiger partial charge in [0.05, 0.1) is 4.92 Å². The van der Waals surface area contributed by atoms with E-state index < -0.39 is 10.1 Å². The molecule has 0 fully saturated rings. The molecule has 0 aliphatic rings. The van der Waals surface area contributed by atoms with Gasteiger partial charge in [-0.2, -0.15) is 4.39 Å². The third-order valence-corrected chi connectivity index (χ3v) is 3.66. The van der Waals surface area contributed by atoms with Gasteiger partial charge in [-0.25, -0.2) is 0 Å². The summed E-state index contributed by atoms with van der Waals surface area (Å²) in [7, 11) is 0. The van der Waals surface area contributed by atoms with Gasteiger partial charge in [0.2, 0.25) is 0 Å². The van der Waals surface area contributed by atoms with Crippen molar-refractivity contribution in [3.8, 4) is 0 Å². The van der Waals surface area contributed by atoms with E-state index in [-0.39, 0.29) is 5.69 Å². The van der Waals surface area contributed by atoms with Crippen LogP contribution in [-0.2, 0) is 0 Å². The quantitative estimate of drug-likeness (QED) is 0.458. The lowest BCUT2D eigenvalue weighted by atomic mass is 10.2. The number of rotatable bonds is 1. The smallest absolute Gasteiger partial charge is 0.258 e. The number of fused-ring (bicyclic) bond motifs is 1. The maximum absolute atomic E-state index is 12.9. The van der Waals surface area contributed by atoms with Crippen LogP contribution in [-0.4, -0.2) is 4.92 Å². The molecule has 0 amide bonds. The van der Waals surface area contributed by atoms with Crippen molar-refractivity contribution in [2.45, 2.75) is 0 Å². The fourth-order valence-corrected chi connectivity index (χ4v) is 2.88. The summed E-state index contributed by atoms with van der Waals surface area (Å²) in [6, 6.07) is 4.35. The van der Waals surface area contributed by atoms with Crippen LogP contribution < -0.4 is 0 Å². The molecule has 0 unspecified atom stereocenters. The van der Waals surface area contributed by atoms with E-state index in [0.717, 1.165) is 14.9 Å². The molecule has 0 bridgehead atoms. The Balaban J connectivity index is 2.87. The van der Waals surface area contributed by atoms with E-state index in [0.29, 0.717) is 10.1 Å². The molecule has 1 heterocycles. The summed E-state index contributed by atoms with van der Waals surface area (Å²) < 4.78 is 14.2. The summed E-state index contributed by atoms with van der Waals surface area (Å²) in [6.45, 7) is 0. The number of benzene rings is 1. The lowest BCUT2D eigenvalue weighted by Crippen LogP contribution is -1.87. The highest BCUT2D eigenvalue weighted by Crippen LogP contribution is 2.35. The third kappa shape index (κ3) is 1.48. The van der Waals surface area contributed by atoms with Gasteiger partial charge in [-0.3, -0.25) is 10.1 Å². The van der Waals surface area contributed by atoms with Crippen LogP contribution in [0.3, 0.4) is 0 Å². The van der Waals surface area contributed by atoms with Crippen LogP contribution in [0.2, 0.25) is 0 Å². The zero-order valence-electron chi connectivity index (χ0n) is 6.66. The fourth-order valence-electron chi connectivity index (χ4n) is 1.19. The van der Waals surface area contributed by atoms with Crippen LogP contribution in [0.1, 0.15) is 0 Å². The zero-order chi connectivity index (χ0) is 10.3. The molecule has 1 aromatic heterocycles. The van der Waals surface area contributed by atoms with Gasteiger partial charge in [-0.05, 0) is 34.7 Å². The Kier molecular flexibility index (Phi) is 2.40. The van der Waals surface area contributed by atoms with Gasteiger partial charge < -0.3 is 0 Å². The molecule has 0 saturated heterocycles. The zero-order valence-corrected chi connectivity index (χ0v) is 9.63. The van der Waals surface area contributed by atoms with Crippen LogP contribution in [0, 0.1) is 18.8 Å². The summed E-state index contributed by atoms with van der Waals surface area (Å²) in [5.74, 6) is 0. The highest BCUT2D eigenvalue weighted by molar-refractivity contribution is 14.1. The summed E-state index contributed by atoms with van der Waals surface area (Å²) in [5, 5.41) is 10.8. The molecular weight excluding hydrogens is 320 g/mol. The number of nitro benzene ring substituents is 1. The van der Waals surface area contributed by atoms with Crippen molar-refractivity contribution < 1.29 is 9.31 Å². The van der Waals surface area contributed by atoms with Crippen molar-refractivity contribution in [3.05, 3.63) is 37.0 Å². The second kappa shape index (κ2) is 3.43. The Labute approximate surface area is 95.8 Å². The lowest BCUT2D eigenvalue weighted by Gasteiger charge is -1.94. The molecule has 0 spiro atoms. The summed E-state index contributed by atoms with van der Waals surface area (Å²) in [5.41, 5.74) is -0.0330. The maximum atomic E-state index is 12.9. The molecule has 0 aliphatic heterocycles. The number of hydrogen-bond acceptors (Lipinski definition) is 3. The normalized spacial score (nSPS) is 10.7. The minimum Gasteiger partial charge on any atom is -0.258 e. The first kappa shape index (κ1) is 9.78. The summed E-state index contributed by atoms with van der Waals surface area (Å²) in [4.78, 5) is 10.1. The van der Waals surface area contributed by atoms with Crippen molar-refractivity contribution in [1.29, 1.82) is 0 Å². The van der Waals surface area contributed by atoms with Crippen molar-refractivity contribution in [2.24, 2.45) is 0 Å². The minimum absolute atomic E-state index is 0.0330. The van der Waals surface area contributed by atoms with Gasteiger partial charge in [0, 0.05) is 15.0 Å². The van der Waals surface area contributed by atoms with Crippen LogP contribution in [0.25, 0.3) is 10.1 Å². The molecule has 0 aliphatic carbocycles. The Morgan fingerprint density at radius 3 is 2.86 bits per heavy atom. The van der Waals surface area contributed by atoms with Gasteiger partial charge in [0.15, 0.2) is 5.13 Å². The van der Waals surface area contributed by atoms with Gasteiger partial charge in [0.25, 0.3) is 5.69 Å². The highest BCUT2D eigenvalue weighted by atomic mass is 127. The lowest BCUT2D eigenvalue weighted by molar-refractivity contribution is -0.382. The number of non-ortho nitro benzene ring substituents is 1. The standard InChI is InChI=1S/C8H3FINO2S/c9-7-3-4-5(10)1-2-6(11(12)13)8(4)14-7/h1-3H. The predicted molar refractivity (Wildman–Crippen MR) is 61.2 cm³/mol. The molecule has 1 aromatic carbocycles. The first-order valence-electron chi connectivity index (χ1n) is 3.61. The van der Waals surface area contributed by atoms with Crippen molar-refractivity contribution in [3.63, 3.8) is 0 Å². The van der Waals surface area contributed by atoms with Crippen LogP contribution in [0.15, 0.2) is 18.2 Å². The summed E-state index contributed by atoms with van der Waals surface area (Å²) >= 11 is 2.84. The first-order valence-corrected chi connectivity index (χ1v) is 5.51. The van der Waals surface area contributed by atoms with Gasteiger partial charge >= 0.3 is 0 Å². The van der Waals surface area contributed by atoms with E-state index in [2.05, 4.69) is 0 Å². The molecule has 2 rings (SSSR count). The molecule has 14 heavy (non-hydrogen) atoms. The summed E-state index contributed by atoms with van der Waals surface area (Å²) in [6.07, 6.45) is 0. The van der Waals surface area contributed by atoms with Crippen LogP contribution >= 0.6 is 33.9 Å². The Morgan fingerprint density at radius 2 is 2.21 bits per heavy atom.